The highest BCUT2D eigenvalue weighted by Gasteiger charge is 2.45. The van der Waals surface area contributed by atoms with E-state index in [9.17, 15) is 9.59 Å². The van der Waals surface area contributed by atoms with E-state index in [0.717, 1.165) is 37.4 Å². The van der Waals surface area contributed by atoms with E-state index in [1.807, 2.05) is 51.1 Å². The van der Waals surface area contributed by atoms with Gasteiger partial charge in [0.1, 0.15) is 28.4 Å². The largest absolute Gasteiger partial charge is 0.457 e. The van der Waals surface area contributed by atoms with Gasteiger partial charge in [0.2, 0.25) is 5.88 Å². The van der Waals surface area contributed by atoms with Crippen LogP contribution in [0.2, 0.25) is 0 Å². The summed E-state index contributed by atoms with van der Waals surface area (Å²) in [6.45, 7) is 8.51. The second-order valence-electron chi connectivity index (χ2n) is 11.2. The zero-order valence-electron chi connectivity index (χ0n) is 22.6. The lowest BCUT2D eigenvalue weighted by molar-refractivity contribution is 0.0276. The minimum Gasteiger partial charge on any atom is -0.457 e. The molecule has 1 aromatic heterocycles. The van der Waals surface area contributed by atoms with E-state index in [2.05, 4.69) is 9.88 Å². The highest BCUT2D eigenvalue weighted by atomic mass is 16.6. The Hall–Kier alpha value is -4.27. The number of aromatic nitrogens is 1. The molecule has 9 nitrogen and oxygen atoms in total. The molecule has 2 aliphatic rings. The zero-order valence-corrected chi connectivity index (χ0v) is 22.6. The highest BCUT2D eigenvalue weighted by molar-refractivity contribution is 5.96. The number of hydrogen-bond acceptors (Lipinski definition) is 7. The van der Waals surface area contributed by atoms with Gasteiger partial charge in [0.05, 0.1) is 11.9 Å². The third-order valence-corrected chi connectivity index (χ3v) is 7.01. The molecule has 2 fully saturated rings. The second kappa shape index (κ2) is 10.5. The summed E-state index contributed by atoms with van der Waals surface area (Å²) < 4.78 is 17.3. The molecular formula is C30H34N4O5. The number of nitrogens with two attached hydrogens (primary N) is 1. The van der Waals surface area contributed by atoms with Crippen LogP contribution in [0.25, 0.3) is 0 Å². The van der Waals surface area contributed by atoms with Crippen molar-refractivity contribution in [2.45, 2.75) is 39.2 Å². The van der Waals surface area contributed by atoms with Gasteiger partial charge in [-0.3, -0.25) is 4.79 Å². The number of rotatable bonds is 6. The molecule has 3 heterocycles. The molecule has 2 aliphatic heterocycles. The average molecular weight is 531 g/mol. The Morgan fingerprint density at radius 1 is 0.897 bits per heavy atom. The standard InChI is InChI=1S/C30H34N4O5/c1-29(2,3)39-28(36)34-16-14-30(20-34)13-15-33(19-30)21-17-25(26(31)35)27(32-18-21)38-24-11-9-23(10-12-24)37-22-7-5-4-6-8-22/h4-12,17-18H,13-16,19-20H2,1-3H3,(H2,31,35). The van der Waals surface area contributed by atoms with Gasteiger partial charge < -0.3 is 29.7 Å². The lowest BCUT2D eigenvalue weighted by Gasteiger charge is -2.27. The van der Waals surface area contributed by atoms with Crippen molar-refractivity contribution in [3.05, 3.63) is 72.4 Å². The number of carbonyl (C=O) groups is 2. The summed E-state index contributed by atoms with van der Waals surface area (Å²) in [5.41, 5.74) is 6.19. The first-order chi connectivity index (χ1) is 18.6. The summed E-state index contributed by atoms with van der Waals surface area (Å²) in [7, 11) is 0. The molecule has 2 amide bonds. The zero-order chi connectivity index (χ0) is 27.6. The van der Waals surface area contributed by atoms with Crippen LogP contribution in [-0.2, 0) is 4.74 Å². The molecule has 1 atom stereocenters. The molecule has 3 aromatic rings. The summed E-state index contributed by atoms with van der Waals surface area (Å²) in [4.78, 5) is 33.3. The van der Waals surface area contributed by atoms with Crippen LogP contribution in [0.5, 0.6) is 23.1 Å². The Morgan fingerprint density at radius 2 is 1.54 bits per heavy atom. The fraction of sp³-hybridized carbons (Fsp3) is 0.367. The molecule has 9 heteroatoms. The first kappa shape index (κ1) is 26.3. The lowest BCUT2D eigenvalue weighted by Crippen LogP contribution is -2.37. The third kappa shape index (κ3) is 6.25. The summed E-state index contributed by atoms with van der Waals surface area (Å²) >= 11 is 0. The first-order valence-electron chi connectivity index (χ1n) is 13.1. The van der Waals surface area contributed by atoms with E-state index >= 15 is 0 Å². The van der Waals surface area contributed by atoms with Crippen LogP contribution in [0.3, 0.4) is 0 Å². The number of likely N-dealkylation sites (tertiary alicyclic amines) is 1. The van der Waals surface area contributed by atoms with E-state index in [-0.39, 0.29) is 23.0 Å². The van der Waals surface area contributed by atoms with Crippen molar-refractivity contribution in [1.82, 2.24) is 9.88 Å². The van der Waals surface area contributed by atoms with Gasteiger partial charge in [0.15, 0.2) is 0 Å². The number of benzene rings is 2. The number of hydrogen-bond donors (Lipinski definition) is 1. The Balaban J connectivity index is 1.25. The minimum atomic E-state index is -0.616. The van der Waals surface area contributed by atoms with Gasteiger partial charge >= 0.3 is 6.09 Å². The second-order valence-corrected chi connectivity index (χ2v) is 11.2. The maximum atomic E-state index is 12.6. The predicted molar refractivity (Wildman–Crippen MR) is 147 cm³/mol. The molecule has 2 aromatic carbocycles. The monoisotopic (exact) mass is 530 g/mol. The molecule has 0 saturated carbocycles. The van der Waals surface area contributed by atoms with Crippen LogP contribution >= 0.6 is 0 Å². The van der Waals surface area contributed by atoms with Gasteiger partial charge in [0.25, 0.3) is 5.91 Å². The van der Waals surface area contributed by atoms with Crippen LogP contribution in [0, 0.1) is 5.41 Å². The molecule has 0 radical (unpaired) electrons. The van der Waals surface area contributed by atoms with Crippen LogP contribution in [0.4, 0.5) is 10.5 Å². The number of nitrogens with zero attached hydrogens (tertiary/aromatic N) is 3. The maximum absolute atomic E-state index is 12.6. The van der Waals surface area contributed by atoms with Gasteiger partial charge in [-0.05, 0) is 76.1 Å². The number of carbonyl (C=O) groups excluding carboxylic acids is 2. The molecule has 0 bridgehead atoms. The number of primary amides is 1. The maximum Gasteiger partial charge on any atom is 0.410 e. The lowest BCUT2D eigenvalue weighted by atomic mass is 9.86. The molecular weight excluding hydrogens is 496 g/mol. The molecule has 1 spiro atoms. The molecule has 0 aliphatic carbocycles. The molecule has 2 saturated heterocycles. The van der Waals surface area contributed by atoms with E-state index in [4.69, 9.17) is 19.9 Å². The highest BCUT2D eigenvalue weighted by Crippen LogP contribution is 2.42. The van der Waals surface area contributed by atoms with Gasteiger partial charge in [0, 0.05) is 31.6 Å². The SMILES string of the molecule is CC(C)(C)OC(=O)N1CCC2(CCN(c3cnc(Oc4ccc(Oc5ccccc5)cc4)c(C(N)=O)c3)C2)C1. The van der Waals surface area contributed by atoms with Crippen LogP contribution < -0.4 is 20.1 Å². The summed E-state index contributed by atoms with van der Waals surface area (Å²) in [5, 5.41) is 0. The topological polar surface area (TPSA) is 107 Å². The number of amides is 2. The van der Waals surface area contributed by atoms with Gasteiger partial charge in [-0.1, -0.05) is 18.2 Å². The number of anilines is 1. The summed E-state index contributed by atoms with van der Waals surface area (Å²) in [5.74, 6) is 1.43. The molecule has 39 heavy (non-hydrogen) atoms. The van der Waals surface area contributed by atoms with Crippen molar-refractivity contribution in [1.29, 1.82) is 0 Å². The van der Waals surface area contributed by atoms with E-state index in [0.29, 0.717) is 24.6 Å². The average Bonchev–Trinajstić information content (AvgIpc) is 3.52. The molecule has 1 unspecified atom stereocenters. The van der Waals surface area contributed by atoms with Gasteiger partial charge in [-0.2, -0.15) is 0 Å². The Morgan fingerprint density at radius 3 is 2.21 bits per heavy atom. The van der Waals surface area contributed by atoms with Crippen molar-refractivity contribution in [3.8, 4) is 23.1 Å². The first-order valence-corrected chi connectivity index (χ1v) is 13.1. The summed E-state index contributed by atoms with van der Waals surface area (Å²) in [6, 6.07) is 18.3. The van der Waals surface area contributed by atoms with E-state index < -0.39 is 11.5 Å². The molecule has 5 rings (SSSR count). The van der Waals surface area contributed by atoms with E-state index in [1.165, 1.54) is 0 Å². The Kier molecular flexibility index (Phi) is 7.08. The Bertz CT molecular complexity index is 1340. The normalized spacial score (nSPS) is 18.8. The fourth-order valence-electron chi connectivity index (χ4n) is 5.09. The fourth-order valence-corrected chi connectivity index (χ4v) is 5.09. The minimum absolute atomic E-state index is 0.0114. The van der Waals surface area contributed by atoms with Crippen molar-refractivity contribution in [2.24, 2.45) is 11.1 Å². The van der Waals surface area contributed by atoms with Crippen LogP contribution in [-0.4, -0.2) is 53.7 Å². The Labute approximate surface area is 228 Å². The van der Waals surface area contributed by atoms with E-state index in [1.54, 1.807) is 41.4 Å². The van der Waals surface area contributed by atoms with Crippen molar-refractivity contribution in [3.63, 3.8) is 0 Å². The van der Waals surface area contributed by atoms with Crippen molar-refractivity contribution in [2.75, 3.05) is 31.1 Å². The molecule has 2 N–H and O–H groups in total. The molecule has 204 valence electrons. The summed E-state index contributed by atoms with van der Waals surface area (Å²) in [6.07, 6.45) is 3.28. The quantitative estimate of drug-likeness (QED) is 0.442. The van der Waals surface area contributed by atoms with Gasteiger partial charge in [-0.15, -0.1) is 0 Å². The number of pyridine rings is 1. The van der Waals surface area contributed by atoms with Crippen molar-refractivity contribution >= 4 is 17.7 Å². The van der Waals surface area contributed by atoms with Crippen LogP contribution in [0.15, 0.2) is 66.9 Å². The van der Waals surface area contributed by atoms with Gasteiger partial charge in [-0.25, -0.2) is 9.78 Å². The smallest absolute Gasteiger partial charge is 0.410 e. The number of ether oxygens (including phenoxy) is 3. The predicted octanol–water partition coefficient (Wildman–Crippen LogP) is 5.60. The van der Waals surface area contributed by atoms with Crippen LogP contribution in [0.1, 0.15) is 44.0 Å². The number of para-hydroxylation sites is 1. The van der Waals surface area contributed by atoms with Crippen molar-refractivity contribution < 1.29 is 23.8 Å². The third-order valence-electron chi connectivity index (χ3n) is 7.01.